The predicted molar refractivity (Wildman–Crippen MR) is 99.0 cm³/mol. The molecule has 4 nitrogen and oxygen atoms in total. The summed E-state index contributed by atoms with van der Waals surface area (Å²) in [5.74, 6) is 0. The lowest BCUT2D eigenvalue weighted by molar-refractivity contribution is -0.289. The third kappa shape index (κ3) is 5.48. The van der Waals surface area contributed by atoms with Crippen LogP contribution in [0.4, 0.5) is 32.0 Å². The van der Waals surface area contributed by atoms with Gasteiger partial charge in [0.2, 0.25) is 6.04 Å². The van der Waals surface area contributed by atoms with Gasteiger partial charge in [0.1, 0.15) is 0 Å². The molecular formula is C18H23ClF6N4. The van der Waals surface area contributed by atoms with Crippen molar-refractivity contribution in [2.45, 2.75) is 37.4 Å². The van der Waals surface area contributed by atoms with Gasteiger partial charge in [-0.25, -0.2) is 0 Å². The minimum Gasteiger partial charge on any atom is -0.370 e. The average molecular weight is 445 g/mol. The molecule has 2 aliphatic rings. The fourth-order valence-corrected chi connectivity index (χ4v) is 4.16. The van der Waals surface area contributed by atoms with Crippen LogP contribution in [0.3, 0.4) is 0 Å². The maximum Gasteiger partial charge on any atom is 0.412 e. The van der Waals surface area contributed by atoms with E-state index in [1.54, 1.807) is 6.07 Å². The van der Waals surface area contributed by atoms with E-state index >= 15 is 0 Å². The molecule has 11 heteroatoms. The first-order valence-corrected chi connectivity index (χ1v) is 9.72. The van der Waals surface area contributed by atoms with Crippen LogP contribution in [-0.2, 0) is 6.54 Å². The lowest BCUT2D eigenvalue weighted by Crippen LogP contribution is -2.60. The number of alkyl halides is 6. The van der Waals surface area contributed by atoms with Gasteiger partial charge in [-0.15, -0.1) is 0 Å². The van der Waals surface area contributed by atoms with Gasteiger partial charge in [-0.3, -0.25) is 9.80 Å². The summed E-state index contributed by atoms with van der Waals surface area (Å²) in [6.07, 6.45) is -9.85. The smallest absolute Gasteiger partial charge is 0.370 e. The molecule has 2 fully saturated rings. The van der Waals surface area contributed by atoms with E-state index in [9.17, 15) is 26.3 Å². The Morgan fingerprint density at radius 3 is 2.14 bits per heavy atom. The second kappa shape index (κ2) is 8.49. The maximum absolute atomic E-state index is 12.9. The van der Waals surface area contributed by atoms with E-state index in [0.29, 0.717) is 23.0 Å². The number of halogens is 7. The highest BCUT2D eigenvalue weighted by Crippen LogP contribution is 2.37. The van der Waals surface area contributed by atoms with E-state index in [4.69, 9.17) is 17.3 Å². The number of anilines is 1. The van der Waals surface area contributed by atoms with Gasteiger partial charge in [-0.2, -0.15) is 26.3 Å². The summed E-state index contributed by atoms with van der Waals surface area (Å²) in [5.41, 5.74) is 7.82. The molecule has 0 radical (unpaired) electrons. The monoisotopic (exact) mass is 444 g/mol. The molecule has 0 bridgehead atoms. The quantitative estimate of drug-likeness (QED) is 0.721. The van der Waals surface area contributed by atoms with E-state index in [0.717, 1.165) is 24.2 Å². The van der Waals surface area contributed by atoms with Crippen LogP contribution < -0.4 is 10.6 Å². The van der Waals surface area contributed by atoms with Crippen LogP contribution >= 0.6 is 11.6 Å². The summed E-state index contributed by atoms with van der Waals surface area (Å²) >= 11 is 6.12. The van der Waals surface area contributed by atoms with Crippen molar-refractivity contribution in [2.75, 3.05) is 44.2 Å². The first-order valence-electron chi connectivity index (χ1n) is 9.34. The van der Waals surface area contributed by atoms with Gasteiger partial charge in [0.15, 0.2) is 0 Å². The van der Waals surface area contributed by atoms with Gasteiger partial charge in [0.25, 0.3) is 0 Å². The molecule has 29 heavy (non-hydrogen) atoms. The van der Waals surface area contributed by atoms with Crippen LogP contribution in [-0.4, -0.2) is 73.5 Å². The standard InChI is InChI=1S/C18H23ClF6N4/c19-13-2-1-12(15(9-13)29-4-3-14(26)11-29)10-27-5-7-28(8-6-27)16(17(20,21)22)18(23,24)25/h1-2,9,14,16H,3-8,10-11,26H2/t14-/m1/s1. The van der Waals surface area contributed by atoms with E-state index in [-0.39, 0.29) is 32.2 Å². The molecule has 2 heterocycles. The summed E-state index contributed by atoms with van der Waals surface area (Å²) in [6.45, 7) is 1.51. The van der Waals surface area contributed by atoms with Crippen LogP contribution in [0.1, 0.15) is 12.0 Å². The molecule has 1 aromatic carbocycles. The third-order valence-electron chi connectivity index (χ3n) is 5.40. The van der Waals surface area contributed by atoms with Crippen LogP contribution in [0, 0.1) is 0 Å². The van der Waals surface area contributed by atoms with Crippen molar-refractivity contribution < 1.29 is 26.3 Å². The zero-order valence-corrected chi connectivity index (χ0v) is 16.4. The Balaban J connectivity index is 1.67. The molecule has 1 atom stereocenters. The van der Waals surface area contributed by atoms with Crippen molar-refractivity contribution in [3.63, 3.8) is 0 Å². The predicted octanol–water partition coefficient (Wildman–Crippen LogP) is 3.49. The van der Waals surface area contributed by atoms with Crippen LogP contribution in [0.2, 0.25) is 5.02 Å². The van der Waals surface area contributed by atoms with Crippen molar-refractivity contribution >= 4 is 17.3 Å². The molecular weight excluding hydrogens is 422 g/mol. The Morgan fingerprint density at radius 2 is 1.62 bits per heavy atom. The molecule has 0 amide bonds. The fourth-order valence-electron chi connectivity index (χ4n) is 3.99. The summed E-state index contributed by atoms with van der Waals surface area (Å²) in [5, 5.41) is 0.562. The van der Waals surface area contributed by atoms with Crippen molar-refractivity contribution in [2.24, 2.45) is 5.73 Å². The molecule has 2 N–H and O–H groups in total. The molecule has 0 aliphatic carbocycles. The van der Waals surface area contributed by atoms with Gasteiger partial charge in [0, 0.05) is 62.6 Å². The second-order valence-corrected chi connectivity index (χ2v) is 8.00. The molecule has 0 aromatic heterocycles. The van der Waals surface area contributed by atoms with Crippen molar-refractivity contribution in [3.8, 4) is 0 Å². The number of nitrogens with two attached hydrogens (primary N) is 1. The highest BCUT2D eigenvalue weighted by atomic mass is 35.5. The summed E-state index contributed by atoms with van der Waals surface area (Å²) in [7, 11) is 0. The van der Waals surface area contributed by atoms with Crippen LogP contribution in [0.15, 0.2) is 18.2 Å². The average Bonchev–Trinajstić information content (AvgIpc) is 3.02. The summed E-state index contributed by atoms with van der Waals surface area (Å²) in [4.78, 5) is 4.45. The van der Waals surface area contributed by atoms with Crippen molar-refractivity contribution in [1.82, 2.24) is 9.80 Å². The number of nitrogens with zero attached hydrogens (tertiary/aromatic N) is 3. The normalized spacial score (nSPS) is 22.7. The first kappa shape index (κ1) is 22.5. The highest BCUT2D eigenvalue weighted by Gasteiger charge is 2.59. The van der Waals surface area contributed by atoms with Gasteiger partial charge in [0.05, 0.1) is 0 Å². The summed E-state index contributed by atoms with van der Waals surface area (Å²) in [6, 6.07) is 2.05. The number of hydrogen-bond donors (Lipinski definition) is 1. The lowest BCUT2D eigenvalue weighted by Gasteiger charge is -2.40. The zero-order chi connectivity index (χ0) is 21.4. The minimum atomic E-state index is -5.35. The zero-order valence-electron chi connectivity index (χ0n) is 15.6. The molecule has 0 saturated carbocycles. The Hall–Kier alpha value is -1.23. The number of hydrogen-bond acceptors (Lipinski definition) is 4. The molecule has 3 rings (SSSR count). The van der Waals surface area contributed by atoms with Gasteiger partial charge < -0.3 is 10.6 Å². The number of rotatable bonds is 4. The third-order valence-corrected chi connectivity index (χ3v) is 5.63. The Morgan fingerprint density at radius 1 is 1.00 bits per heavy atom. The molecule has 2 aliphatic heterocycles. The Bertz CT molecular complexity index is 689. The molecule has 0 unspecified atom stereocenters. The lowest BCUT2D eigenvalue weighted by atomic mass is 10.1. The molecule has 0 spiro atoms. The van der Waals surface area contributed by atoms with Crippen LogP contribution in [0.5, 0.6) is 0 Å². The van der Waals surface area contributed by atoms with Gasteiger partial charge in [-0.05, 0) is 24.1 Å². The second-order valence-electron chi connectivity index (χ2n) is 7.57. The first-order chi connectivity index (χ1) is 13.4. The Labute approximate surface area is 170 Å². The van der Waals surface area contributed by atoms with Crippen LogP contribution in [0.25, 0.3) is 0 Å². The highest BCUT2D eigenvalue weighted by molar-refractivity contribution is 6.30. The molecule has 1 aromatic rings. The summed E-state index contributed by atoms with van der Waals surface area (Å²) < 4.78 is 77.6. The SMILES string of the molecule is N[C@@H]1CCN(c2cc(Cl)ccc2CN2CCN(C(C(F)(F)F)C(F)(F)F)CC2)C1. The van der Waals surface area contributed by atoms with E-state index in [1.807, 2.05) is 17.0 Å². The van der Waals surface area contributed by atoms with Crippen molar-refractivity contribution in [3.05, 3.63) is 28.8 Å². The van der Waals surface area contributed by atoms with E-state index in [1.165, 1.54) is 0 Å². The largest absolute Gasteiger partial charge is 0.412 e. The molecule has 2 saturated heterocycles. The maximum atomic E-state index is 12.9. The Kier molecular flexibility index (Phi) is 6.57. The number of benzene rings is 1. The topological polar surface area (TPSA) is 35.7 Å². The van der Waals surface area contributed by atoms with Crippen molar-refractivity contribution in [1.29, 1.82) is 0 Å². The van der Waals surface area contributed by atoms with Gasteiger partial charge >= 0.3 is 12.4 Å². The van der Waals surface area contributed by atoms with E-state index < -0.39 is 18.4 Å². The minimum absolute atomic E-state index is 0.0621. The number of piperazine rings is 1. The van der Waals surface area contributed by atoms with Gasteiger partial charge in [-0.1, -0.05) is 17.7 Å². The fraction of sp³-hybridized carbons (Fsp3) is 0.667. The van der Waals surface area contributed by atoms with E-state index in [2.05, 4.69) is 4.90 Å². The molecule has 164 valence electrons.